The minimum absolute atomic E-state index is 0. The van der Waals surface area contributed by atoms with Crippen molar-refractivity contribution in [3.63, 3.8) is 0 Å². The molecule has 0 saturated carbocycles. The molecule has 0 aliphatic carbocycles. The van der Waals surface area contributed by atoms with Crippen LogP contribution in [-0.2, 0) is 9.31 Å². The van der Waals surface area contributed by atoms with Gasteiger partial charge in [-0.1, -0.05) is 0 Å². The molecule has 1 rings (SSSR count). The van der Waals surface area contributed by atoms with Crippen LogP contribution in [0.1, 0.15) is 0 Å². The van der Waals surface area contributed by atoms with Gasteiger partial charge in [0.1, 0.15) is 4.91 Å². The summed E-state index contributed by atoms with van der Waals surface area (Å²) in [6.07, 6.45) is 1.73. The fourth-order valence-electron chi connectivity index (χ4n) is 0.649. The van der Waals surface area contributed by atoms with E-state index in [2.05, 4.69) is 4.98 Å². The van der Waals surface area contributed by atoms with Crippen molar-refractivity contribution >= 4 is 23.4 Å². The van der Waals surface area contributed by atoms with E-state index in [0.29, 0.717) is 0 Å². The molecule has 0 spiro atoms. The van der Waals surface area contributed by atoms with Crippen LogP contribution in [-0.4, -0.2) is 33.4 Å². The van der Waals surface area contributed by atoms with Crippen LogP contribution < -0.4 is 28.9 Å². The first-order chi connectivity index (χ1) is 5.88. The Labute approximate surface area is 94.6 Å². The van der Waals surface area contributed by atoms with E-state index in [9.17, 15) is 0 Å². The molecule has 0 amide bonds. The van der Waals surface area contributed by atoms with E-state index in [1.54, 1.807) is 20.4 Å². The Balaban J connectivity index is 0. The van der Waals surface area contributed by atoms with Crippen LogP contribution in [0.2, 0.25) is 0 Å². The minimum atomic E-state index is -0.306. The van der Waals surface area contributed by atoms with Crippen LogP contribution in [0.3, 0.4) is 0 Å². The van der Waals surface area contributed by atoms with Crippen molar-refractivity contribution in [2.24, 2.45) is 0 Å². The van der Waals surface area contributed by atoms with Crippen molar-refractivity contribution in [1.82, 2.24) is 4.98 Å². The smallest absolute Gasteiger partial charge is 0.857 e. The van der Waals surface area contributed by atoms with Crippen molar-refractivity contribution in [1.29, 1.82) is 0 Å². The molecule has 0 N–H and O–H groups in total. The minimum Gasteiger partial charge on any atom is -0.857 e. The quantitative estimate of drug-likeness (QED) is 0.463. The third-order valence-corrected chi connectivity index (χ3v) is 1.88. The molecule has 0 aromatic carbocycles. The number of rotatable bonds is 3. The molecule has 4 nitrogen and oxygen atoms in total. The van der Waals surface area contributed by atoms with Gasteiger partial charge in [0, 0.05) is 25.8 Å². The van der Waals surface area contributed by atoms with E-state index in [4.69, 9.17) is 14.4 Å². The standard InChI is InChI=1S/C5H8BNO2S.CH3O.Li/c1-8-6(9-2)5-7-3-4-10-5;1-2;/h3-4H,1-2H3;1H3;/q;-1;+1. The van der Waals surface area contributed by atoms with Crippen molar-refractivity contribution in [2.45, 2.75) is 0 Å². The second-order valence-electron chi connectivity index (χ2n) is 1.67. The Kier molecular flexibility index (Phi) is 12.3. The summed E-state index contributed by atoms with van der Waals surface area (Å²) in [5.74, 6) is 0. The van der Waals surface area contributed by atoms with E-state index in [1.165, 1.54) is 11.3 Å². The number of thiazole rings is 1. The first-order valence-electron chi connectivity index (χ1n) is 3.24. The summed E-state index contributed by atoms with van der Waals surface area (Å²) in [5.41, 5.74) is 0. The summed E-state index contributed by atoms with van der Waals surface area (Å²) in [7, 11) is 3.63. The van der Waals surface area contributed by atoms with Crippen LogP contribution >= 0.6 is 11.3 Å². The molecule has 0 bridgehead atoms. The van der Waals surface area contributed by atoms with Gasteiger partial charge in [0.15, 0.2) is 0 Å². The van der Waals surface area contributed by atoms with Crippen LogP contribution in [0.25, 0.3) is 0 Å². The van der Waals surface area contributed by atoms with Crippen LogP contribution in [0.5, 0.6) is 0 Å². The topological polar surface area (TPSA) is 54.4 Å². The van der Waals surface area contributed by atoms with Crippen molar-refractivity contribution in [3.05, 3.63) is 11.6 Å². The van der Waals surface area contributed by atoms with E-state index >= 15 is 0 Å². The number of hydrogen-bond donors (Lipinski definition) is 0. The molecule has 0 saturated heterocycles. The number of aromatic nitrogens is 1. The van der Waals surface area contributed by atoms with Gasteiger partial charge in [-0.15, -0.1) is 11.3 Å². The van der Waals surface area contributed by atoms with Gasteiger partial charge in [-0.05, 0) is 0 Å². The molecule has 68 valence electrons. The second kappa shape index (κ2) is 10.3. The summed E-state index contributed by atoms with van der Waals surface area (Å²) in [6.45, 7) is 0. The van der Waals surface area contributed by atoms with Gasteiger partial charge in [-0.25, -0.2) is 0 Å². The van der Waals surface area contributed by atoms with E-state index in [-0.39, 0.29) is 26.0 Å². The first kappa shape index (κ1) is 15.6. The van der Waals surface area contributed by atoms with Gasteiger partial charge in [0.05, 0.1) is 0 Å². The maximum Gasteiger partial charge on any atom is 1.00 e. The average Bonchev–Trinajstić information content (AvgIpc) is 2.64. The van der Waals surface area contributed by atoms with E-state index < -0.39 is 0 Å². The van der Waals surface area contributed by atoms with Gasteiger partial charge in [0.2, 0.25) is 0 Å². The number of nitrogens with zero attached hydrogens (tertiary/aromatic N) is 1. The van der Waals surface area contributed by atoms with Gasteiger partial charge in [0.25, 0.3) is 0 Å². The number of hydrogen-bond acceptors (Lipinski definition) is 5. The predicted molar refractivity (Wildman–Crippen MR) is 47.4 cm³/mol. The summed E-state index contributed by atoms with van der Waals surface area (Å²) in [5, 5.41) is 10.1. The molecule has 1 heterocycles. The Morgan fingerprint density at radius 2 is 1.92 bits per heavy atom. The van der Waals surface area contributed by atoms with Gasteiger partial charge >= 0.3 is 26.0 Å². The van der Waals surface area contributed by atoms with Crippen LogP contribution in [0.15, 0.2) is 11.6 Å². The van der Waals surface area contributed by atoms with Crippen molar-refractivity contribution in [2.75, 3.05) is 21.3 Å². The molecule has 13 heavy (non-hydrogen) atoms. The third kappa shape index (κ3) is 5.47. The fourth-order valence-corrected chi connectivity index (χ4v) is 1.34. The zero-order chi connectivity index (χ0) is 9.40. The zero-order valence-corrected chi connectivity index (χ0v) is 9.13. The molecule has 1 aromatic rings. The molecule has 0 atom stereocenters. The maximum atomic E-state index is 8.25. The summed E-state index contributed by atoms with van der Waals surface area (Å²) in [6, 6.07) is 0. The SMILES string of the molecule is COB(OC)c1nccs1.C[O-].[Li+]. The molecule has 0 fully saturated rings. The third-order valence-electron chi connectivity index (χ3n) is 1.08. The normalized spacial score (nSPS) is 8.00. The second-order valence-corrected chi connectivity index (χ2v) is 2.60. The molecular weight excluding hydrogens is 184 g/mol. The molecule has 0 aliphatic rings. The summed E-state index contributed by atoms with van der Waals surface area (Å²) < 4.78 is 9.94. The van der Waals surface area contributed by atoms with Crippen molar-refractivity contribution < 1.29 is 33.3 Å². The Morgan fingerprint density at radius 1 is 1.38 bits per heavy atom. The molecule has 0 unspecified atom stereocenters. The Morgan fingerprint density at radius 3 is 2.23 bits per heavy atom. The van der Waals surface area contributed by atoms with Crippen molar-refractivity contribution in [3.8, 4) is 0 Å². The largest absolute Gasteiger partial charge is 1.00 e. The summed E-state index contributed by atoms with van der Waals surface area (Å²) >= 11 is 1.52. The molecule has 7 heteroatoms. The molecular formula is C6H11BLiNO3S. The summed E-state index contributed by atoms with van der Waals surface area (Å²) in [4.78, 5) is 4.88. The maximum absolute atomic E-state index is 8.25. The molecule has 0 radical (unpaired) electrons. The first-order valence-corrected chi connectivity index (χ1v) is 4.12. The van der Waals surface area contributed by atoms with Gasteiger partial charge < -0.3 is 14.4 Å². The predicted octanol–water partition coefficient (Wildman–Crippen LogP) is -3.89. The fraction of sp³-hybridized carbons (Fsp3) is 0.500. The Hall–Kier alpha value is 0.172. The van der Waals surface area contributed by atoms with E-state index in [1.807, 2.05) is 5.38 Å². The molecule has 0 aliphatic heterocycles. The van der Waals surface area contributed by atoms with Gasteiger partial charge in [-0.2, -0.15) is 7.11 Å². The molecule has 1 aromatic heterocycles. The van der Waals surface area contributed by atoms with Gasteiger partial charge in [-0.3, -0.25) is 4.98 Å². The van der Waals surface area contributed by atoms with E-state index in [0.717, 1.165) is 12.0 Å². The zero-order valence-electron chi connectivity index (χ0n) is 8.31. The van der Waals surface area contributed by atoms with Crippen LogP contribution in [0, 0.1) is 0 Å². The average molecular weight is 195 g/mol. The monoisotopic (exact) mass is 195 g/mol. The Bertz CT molecular complexity index is 184. The van der Waals surface area contributed by atoms with Crippen LogP contribution in [0.4, 0.5) is 0 Å².